The van der Waals surface area contributed by atoms with Gasteiger partial charge in [0.05, 0.1) is 25.5 Å². The summed E-state index contributed by atoms with van der Waals surface area (Å²) < 4.78 is 34.0. The Morgan fingerprint density at radius 1 is 1.44 bits per heavy atom. The van der Waals surface area contributed by atoms with Gasteiger partial charge in [-0.15, -0.1) is 0 Å². The van der Waals surface area contributed by atoms with E-state index in [4.69, 9.17) is 0 Å². The van der Waals surface area contributed by atoms with Crippen molar-refractivity contribution in [1.82, 2.24) is 4.98 Å². The van der Waals surface area contributed by atoms with E-state index in [0.717, 1.165) is 13.2 Å². The van der Waals surface area contributed by atoms with Gasteiger partial charge in [0.15, 0.2) is 5.75 Å². The molecule has 5 nitrogen and oxygen atoms in total. The molecule has 0 radical (unpaired) electrons. The van der Waals surface area contributed by atoms with Crippen LogP contribution in [0.4, 0.5) is 8.78 Å². The lowest BCUT2D eigenvalue weighted by atomic mass is 10.2. The minimum atomic E-state index is -2.98. The molecule has 1 aromatic heterocycles. The first-order chi connectivity index (χ1) is 7.51. The molecule has 0 atom stereocenters. The number of rotatable bonds is 3. The minimum Gasteiger partial charge on any atom is -0.491 e. The molecule has 0 aliphatic carbocycles. The number of nitrogens with one attached hydrogen (secondary N) is 1. The number of esters is 1. The molecule has 0 bridgehead atoms. The molecule has 0 aromatic carbocycles. The number of methoxy groups -OCH3 is 2. The van der Waals surface area contributed by atoms with Crippen molar-refractivity contribution in [3.63, 3.8) is 0 Å². The van der Waals surface area contributed by atoms with Crippen molar-refractivity contribution in [3.05, 3.63) is 27.7 Å². The number of hydrogen-bond acceptors (Lipinski definition) is 4. The van der Waals surface area contributed by atoms with Crippen LogP contribution in [0.25, 0.3) is 0 Å². The fourth-order valence-corrected chi connectivity index (χ4v) is 1.13. The van der Waals surface area contributed by atoms with Crippen molar-refractivity contribution in [2.24, 2.45) is 0 Å². The third kappa shape index (κ3) is 2.18. The Bertz CT molecular complexity index is 455. The molecular formula is C9H9F2NO4. The van der Waals surface area contributed by atoms with E-state index in [2.05, 4.69) is 9.47 Å². The van der Waals surface area contributed by atoms with Crippen molar-refractivity contribution in [3.8, 4) is 5.75 Å². The first-order valence-electron chi connectivity index (χ1n) is 4.19. The minimum absolute atomic E-state index is 0.232. The maximum absolute atomic E-state index is 12.5. The van der Waals surface area contributed by atoms with Gasteiger partial charge in [-0.05, 0) is 0 Å². The first kappa shape index (κ1) is 12.2. The molecule has 1 rings (SSSR count). The summed E-state index contributed by atoms with van der Waals surface area (Å²) in [6.45, 7) is 0. The number of pyridine rings is 1. The van der Waals surface area contributed by atoms with Crippen LogP contribution in [0.1, 0.15) is 22.5 Å². The molecule has 88 valence electrons. The Kier molecular flexibility index (Phi) is 3.60. The molecule has 0 fully saturated rings. The van der Waals surface area contributed by atoms with Crippen LogP contribution in [0.5, 0.6) is 5.75 Å². The van der Waals surface area contributed by atoms with Crippen molar-refractivity contribution < 1.29 is 23.0 Å². The van der Waals surface area contributed by atoms with Crippen LogP contribution < -0.4 is 10.3 Å². The third-order valence-corrected chi connectivity index (χ3v) is 1.88. The number of H-pyrrole nitrogens is 1. The Balaban J connectivity index is 3.42. The lowest BCUT2D eigenvalue weighted by molar-refractivity contribution is 0.0586. The highest BCUT2D eigenvalue weighted by molar-refractivity contribution is 5.91. The summed E-state index contributed by atoms with van der Waals surface area (Å²) >= 11 is 0. The van der Waals surface area contributed by atoms with Gasteiger partial charge in [-0.1, -0.05) is 0 Å². The zero-order chi connectivity index (χ0) is 12.3. The quantitative estimate of drug-likeness (QED) is 0.794. The van der Waals surface area contributed by atoms with Crippen LogP contribution in [-0.2, 0) is 4.74 Å². The third-order valence-electron chi connectivity index (χ3n) is 1.88. The average Bonchev–Trinajstić information content (AvgIpc) is 2.27. The van der Waals surface area contributed by atoms with E-state index in [0.29, 0.717) is 0 Å². The lowest BCUT2D eigenvalue weighted by Gasteiger charge is -2.08. The maximum Gasteiger partial charge on any atom is 0.339 e. The summed E-state index contributed by atoms with van der Waals surface area (Å²) in [6.07, 6.45) is -2.98. The highest BCUT2D eigenvalue weighted by atomic mass is 19.3. The number of hydrogen-bond donors (Lipinski definition) is 1. The summed E-state index contributed by atoms with van der Waals surface area (Å²) in [5.74, 6) is -1.20. The highest BCUT2D eigenvalue weighted by Gasteiger charge is 2.22. The monoisotopic (exact) mass is 233 g/mol. The molecule has 1 heterocycles. The van der Waals surface area contributed by atoms with Crippen molar-refractivity contribution in [1.29, 1.82) is 0 Å². The highest BCUT2D eigenvalue weighted by Crippen LogP contribution is 2.22. The van der Waals surface area contributed by atoms with Gasteiger partial charge < -0.3 is 14.5 Å². The summed E-state index contributed by atoms with van der Waals surface area (Å²) in [6, 6.07) is 0.923. The molecule has 0 spiro atoms. The zero-order valence-corrected chi connectivity index (χ0v) is 8.54. The molecule has 1 aromatic rings. The molecule has 1 N–H and O–H groups in total. The number of carbonyl (C=O) groups is 1. The van der Waals surface area contributed by atoms with Gasteiger partial charge >= 0.3 is 5.97 Å². The normalized spacial score (nSPS) is 10.3. The van der Waals surface area contributed by atoms with Gasteiger partial charge in [0.25, 0.3) is 12.0 Å². The van der Waals surface area contributed by atoms with Gasteiger partial charge in [-0.2, -0.15) is 0 Å². The largest absolute Gasteiger partial charge is 0.491 e. The van der Waals surface area contributed by atoms with Crippen LogP contribution in [-0.4, -0.2) is 25.2 Å². The topological polar surface area (TPSA) is 68.4 Å². The van der Waals surface area contributed by atoms with Crippen molar-refractivity contribution >= 4 is 5.97 Å². The van der Waals surface area contributed by atoms with E-state index < -0.39 is 29.2 Å². The van der Waals surface area contributed by atoms with Crippen LogP contribution in [0.2, 0.25) is 0 Å². The van der Waals surface area contributed by atoms with Gasteiger partial charge in [-0.25, -0.2) is 13.6 Å². The molecule has 0 aliphatic rings. The summed E-state index contributed by atoms with van der Waals surface area (Å²) in [4.78, 5) is 24.2. The van der Waals surface area contributed by atoms with Crippen LogP contribution >= 0.6 is 0 Å². The van der Waals surface area contributed by atoms with Gasteiger partial charge in [0, 0.05) is 6.07 Å². The molecule has 7 heteroatoms. The smallest absolute Gasteiger partial charge is 0.339 e. The number of alkyl halides is 2. The Labute approximate surface area is 89.0 Å². The van der Waals surface area contributed by atoms with E-state index in [1.165, 1.54) is 7.11 Å². The fraction of sp³-hybridized carbons (Fsp3) is 0.333. The summed E-state index contributed by atoms with van der Waals surface area (Å²) in [7, 11) is 2.24. The van der Waals surface area contributed by atoms with E-state index in [9.17, 15) is 18.4 Å². The molecular weight excluding hydrogens is 224 g/mol. The zero-order valence-electron chi connectivity index (χ0n) is 8.54. The maximum atomic E-state index is 12.5. The number of ether oxygens (including phenoxy) is 2. The van der Waals surface area contributed by atoms with Crippen LogP contribution in [0.3, 0.4) is 0 Å². The average molecular weight is 233 g/mol. The van der Waals surface area contributed by atoms with E-state index >= 15 is 0 Å². The molecule has 0 saturated heterocycles. The lowest BCUT2D eigenvalue weighted by Crippen LogP contribution is -2.17. The Morgan fingerprint density at radius 3 is 2.50 bits per heavy atom. The predicted octanol–water partition coefficient (Wildman–Crippen LogP) is 1.11. The SMILES string of the molecule is COC(=O)c1cc(OC)c(=O)[nH]c1C(F)F. The Hall–Kier alpha value is -1.92. The molecule has 0 aliphatic heterocycles. The first-order valence-corrected chi connectivity index (χ1v) is 4.19. The number of halogens is 2. The van der Waals surface area contributed by atoms with E-state index in [1.54, 1.807) is 0 Å². The van der Waals surface area contributed by atoms with Gasteiger partial charge in [0.1, 0.15) is 0 Å². The van der Waals surface area contributed by atoms with Crippen molar-refractivity contribution in [2.75, 3.05) is 14.2 Å². The second-order valence-electron chi connectivity index (χ2n) is 2.79. The van der Waals surface area contributed by atoms with Crippen LogP contribution in [0.15, 0.2) is 10.9 Å². The van der Waals surface area contributed by atoms with E-state index in [-0.39, 0.29) is 5.75 Å². The summed E-state index contributed by atoms with van der Waals surface area (Å²) in [5, 5.41) is 0. The summed E-state index contributed by atoms with van der Waals surface area (Å²) in [5.41, 5.74) is -2.03. The molecule has 0 amide bonds. The number of aromatic amines is 1. The van der Waals surface area contributed by atoms with Crippen LogP contribution in [0, 0.1) is 0 Å². The van der Waals surface area contributed by atoms with E-state index in [1.807, 2.05) is 4.98 Å². The predicted molar refractivity (Wildman–Crippen MR) is 49.9 cm³/mol. The van der Waals surface area contributed by atoms with Gasteiger partial charge in [-0.3, -0.25) is 4.79 Å². The number of aromatic nitrogens is 1. The standard InChI is InChI=1S/C9H9F2NO4/c1-15-5-3-4(9(14)16-2)6(7(10)11)12-8(5)13/h3,7H,1-2H3,(H,12,13). The second kappa shape index (κ2) is 4.73. The van der Waals surface area contributed by atoms with Gasteiger partial charge in [0.2, 0.25) is 0 Å². The second-order valence-corrected chi connectivity index (χ2v) is 2.79. The Morgan fingerprint density at radius 2 is 2.06 bits per heavy atom. The molecule has 16 heavy (non-hydrogen) atoms. The number of carbonyl (C=O) groups excluding carboxylic acids is 1. The fourth-order valence-electron chi connectivity index (χ4n) is 1.13. The molecule has 0 saturated carbocycles. The molecule has 0 unspecified atom stereocenters. The van der Waals surface area contributed by atoms with Crippen molar-refractivity contribution in [2.45, 2.75) is 6.43 Å².